The molecule has 1 rings (SSSR count). The first kappa shape index (κ1) is 17.0. The molecule has 0 saturated carbocycles. The van der Waals surface area contributed by atoms with E-state index in [9.17, 15) is 0 Å². The molecule has 1 aromatic carbocycles. The van der Waals surface area contributed by atoms with Gasteiger partial charge in [-0.3, -0.25) is 0 Å². The standard InChI is InChI=1S/C17H28O3/c1-12(2)18-10-15-7-8-17(20-14(5)6)16(9-15)11-19-13(3)4/h7-9,12-14H,10-11H2,1-6H3. The predicted octanol–water partition coefficient (Wildman–Crippen LogP) is 4.32. The van der Waals surface area contributed by atoms with Crippen molar-refractivity contribution in [2.75, 3.05) is 0 Å². The van der Waals surface area contributed by atoms with Crippen molar-refractivity contribution in [3.05, 3.63) is 29.3 Å². The van der Waals surface area contributed by atoms with Gasteiger partial charge in [-0.05, 0) is 59.2 Å². The summed E-state index contributed by atoms with van der Waals surface area (Å²) in [4.78, 5) is 0. The average molecular weight is 280 g/mol. The van der Waals surface area contributed by atoms with E-state index in [-0.39, 0.29) is 18.3 Å². The number of rotatable bonds is 8. The van der Waals surface area contributed by atoms with E-state index in [1.165, 1.54) is 0 Å². The third kappa shape index (κ3) is 6.40. The Bertz CT molecular complexity index is 397. The molecular weight excluding hydrogens is 252 g/mol. The fourth-order valence-corrected chi connectivity index (χ4v) is 1.72. The van der Waals surface area contributed by atoms with Crippen molar-refractivity contribution in [1.82, 2.24) is 0 Å². The first-order valence-corrected chi connectivity index (χ1v) is 7.40. The van der Waals surface area contributed by atoms with Gasteiger partial charge < -0.3 is 14.2 Å². The predicted molar refractivity (Wildman–Crippen MR) is 82.1 cm³/mol. The van der Waals surface area contributed by atoms with Crippen molar-refractivity contribution in [2.24, 2.45) is 0 Å². The Hall–Kier alpha value is -1.06. The molecule has 0 aliphatic carbocycles. The molecule has 0 aliphatic rings. The van der Waals surface area contributed by atoms with Crippen molar-refractivity contribution in [3.8, 4) is 5.75 Å². The summed E-state index contributed by atoms with van der Waals surface area (Å²) >= 11 is 0. The van der Waals surface area contributed by atoms with Crippen LogP contribution in [0.3, 0.4) is 0 Å². The summed E-state index contributed by atoms with van der Waals surface area (Å²) in [5.74, 6) is 0.897. The minimum atomic E-state index is 0.158. The second kappa shape index (κ2) is 8.28. The van der Waals surface area contributed by atoms with Crippen molar-refractivity contribution >= 4 is 0 Å². The van der Waals surface area contributed by atoms with Crippen LogP contribution in [0.1, 0.15) is 52.7 Å². The van der Waals surface area contributed by atoms with Gasteiger partial charge in [0, 0.05) is 5.56 Å². The van der Waals surface area contributed by atoms with E-state index in [0.717, 1.165) is 16.9 Å². The normalized spacial score (nSPS) is 11.7. The molecule has 0 spiro atoms. The van der Waals surface area contributed by atoms with Crippen LogP contribution in [0, 0.1) is 0 Å². The first-order chi connectivity index (χ1) is 9.38. The van der Waals surface area contributed by atoms with Crippen LogP contribution < -0.4 is 4.74 Å². The Labute approximate surface area is 123 Å². The van der Waals surface area contributed by atoms with Gasteiger partial charge in [-0.2, -0.15) is 0 Å². The van der Waals surface area contributed by atoms with Gasteiger partial charge in [-0.1, -0.05) is 6.07 Å². The molecule has 0 unspecified atom stereocenters. The molecule has 0 atom stereocenters. The molecule has 0 amide bonds. The van der Waals surface area contributed by atoms with Crippen molar-refractivity contribution < 1.29 is 14.2 Å². The Kier molecular flexibility index (Phi) is 7.03. The molecule has 0 N–H and O–H groups in total. The van der Waals surface area contributed by atoms with Gasteiger partial charge in [0.05, 0.1) is 31.5 Å². The number of ether oxygens (including phenoxy) is 3. The Morgan fingerprint density at radius 2 is 1.40 bits per heavy atom. The first-order valence-electron chi connectivity index (χ1n) is 7.40. The minimum Gasteiger partial charge on any atom is -0.491 e. The average Bonchev–Trinajstić information content (AvgIpc) is 2.35. The van der Waals surface area contributed by atoms with Gasteiger partial charge in [0.15, 0.2) is 0 Å². The van der Waals surface area contributed by atoms with Gasteiger partial charge in [0.25, 0.3) is 0 Å². The maximum Gasteiger partial charge on any atom is 0.125 e. The van der Waals surface area contributed by atoms with E-state index in [1.807, 2.05) is 47.6 Å². The van der Waals surface area contributed by atoms with E-state index in [1.54, 1.807) is 0 Å². The molecule has 0 heterocycles. The largest absolute Gasteiger partial charge is 0.491 e. The molecule has 0 radical (unpaired) electrons. The molecule has 0 fully saturated rings. The van der Waals surface area contributed by atoms with E-state index < -0.39 is 0 Å². The Morgan fingerprint density at radius 3 is 1.95 bits per heavy atom. The zero-order chi connectivity index (χ0) is 15.1. The molecule has 0 aromatic heterocycles. The second-order valence-electron chi connectivity index (χ2n) is 5.83. The summed E-state index contributed by atoms with van der Waals surface area (Å²) in [6.45, 7) is 13.4. The summed E-state index contributed by atoms with van der Waals surface area (Å²) < 4.78 is 17.2. The molecular formula is C17H28O3. The molecule has 1 aromatic rings. The zero-order valence-corrected chi connectivity index (χ0v) is 13.6. The van der Waals surface area contributed by atoms with Gasteiger partial charge in [-0.25, -0.2) is 0 Å². The molecule has 3 heteroatoms. The highest BCUT2D eigenvalue weighted by atomic mass is 16.5. The number of benzene rings is 1. The molecule has 0 saturated heterocycles. The monoisotopic (exact) mass is 280 g/mol. The van der Waals surface area contributed by atoms with Crippen LogP contribution in [0.5, 0.6) is 5.75 Å². The van der Waals surface area contributed by atoms with Gasteiger partial charge in [0.2, 0.25) is 0 Å². The summed E-state index contributed by atoms with van der Waals surface area (Å²) in [5.41, 5.74) is 2.23. The van der Waals surface area contributed by atoms with E-state index in [4.69, 9.17) is 14.2 Å². The van der Waals surface area contributed by atoms with Crippen LogP contribution in [-0.2, 0) is 22.7 Å². The minimum absolute atomic E-state index is 0.158. The lowest BCUT2D eigenvalue weighted by molar-refractivity contribution is 0.0609. The van der Waals surface area contributed by atoms with Crippen LogP contribution in [0.2, 0.25) is 0 Å². The fourth-order valence-electron chi connectivity index (χ4n) is 1.72. The third-order valence-electron chi connectivity index (χ3n) is 2.64. The van der Waals surface area contributed by atoms with E-state index in [2.05, 4.69) is 12.1 Å². The highest BCUT2D eigenvalue weighted by Crippen LogP contribution is 2.23. The van der Waals surface area contributed by atoms with Crippen LogP contribution in [-0.4, -0.2) is 18.3 Å². The summed E-state index contributed by atoms with van der Waals surface area (Å²) in [6.07, 6.45) is 0.597. The zero-order valence-electron chi connectivity index (χ0n) is 13.6. The van der Waals surface area contributed by atoms with Gasteiger partial charge >= 0.3 is 0 Å². The smallest absolute Gasteiger partial charge is 0.125 e. The second-order valence-corrected chi connectivity index (χ2v) is 5.83. The van der Waals surface area contributed by atoms with E-state index >= 15 is 0 Å². The number of hydrogen-bond acceptors (Lipinski definition) is 3. The Balaban J connectivity index is 2.83. The third-order valence-corrected chi connectivity index (χ3v) is 2.64. The maximum absolute atomic E-state index is 5.84. The highest BCUT2D eigenvalue weighted by molar-refractivity contribution is 5.37. The molecule has 0 bridgehead atoms. The van der Waals surface area contributed by atoms with E-state index in [0.29, 0.717) is 13.2 Å². The summed E-state index contributed by atoms with van der Waals surface area (Å²) in [6, 6.07) is 6.18. The molecule has 114 valence electrons. The fraction of sp³-hybridized carbons (Fsp3) is 0.647. The molecule has 20 heavy (non-hydrogen) atoms. The Morgan fingerprint density at radius 1 is 0.800 bits per heavy atom. The highest BCUT2D eigenvalue weighted by Gasteiger charge is 2.09. The lowest BCUT2D eigenvalue weighted by Gasteiger charge is -2.17. The SMILES string of the molecule is CC(C)OCc1ccc(OC(C)C)c(COC(C)C)c1. The van der Waals surface area contributed by atoms with Gasteiger partial charge in [0.1, 0.15) is 5.75 Å². The number of hydrogen-bond donors (Lipinski definition) is 0. The lowest BCUT2D eigenvalue weighted by atomic mass is 10.1. The summed E-state index contributed by atoms with van der Waals surface area (Å²) in [7, 11) is 0. The maximum atomic E-state index is 5.84. The van der Waals surface area contributed by atoms with Crippen LogP contribution >= 0.6 is 0 Å². The van der Waals surface area contributed by atoms with Crippen LogP contribution in [0.15, 0.2) is 18.2 Å². The van der Waals surface area contributed by atoms with Crippen molar-refractivity contribution in [1.29, 1.82) is 0 Å². The quantitative estimate of drug-likeness (QED) is 0.709. The van der Waals surface area contributed by atoms with Gasteiger partial charge in [-0.15, -0.1) is 0 Å². The van der Waals surface area contributed by atoms with Crippen molar-refractivity contribution in [2.45, 2.75) is 73.1 Å². The molecule has 3 nitrogen and oxygen atoms in total. The van der Waals surface area contributed by atoms with Crippen molar-refractivity contribution in [3.63, 3.8) is 0 Å². The lowest BCUT2D eigenvalue weighted by Crippen LogP contribution is -2.10. The van der Waals surface area contributed by atoms with Crippen LogP contribution in [0.4, 0.5) is 0 Å². The summed E-state index contributed by atoms with van der Waals surface area (Å²) in [5, 5.41) is 0. The topological polar surface area (TPSA) is 27.7 Å². The molecule has 0 aliphatic heterocycles. The van der Waals surface area contributed by atoms with Crippen LogP contribution in [0.25, 0.3) is 0 Å².